The van der Waals surface area contributed by atoms with E-state index in [0.717, 1.165) is 21.0 Å². The number of Topliss-reactive ketones (excluding diaryl/α,β-unsaturated/α-hetero) is 1. The van der Waals surface area contributed by atoms with Crippen molar-refractivity contribution in [1.82, 2.24) is 0 Å². The Hall–Kier alpha value is -1.09. The summed E-state index contributed by atoms with van der Waals surface area (Å²) in [5, 5.41) is 1.01. The molecule has 0 aliphatic carbocycles. The zero-order chi connectivity index (χ0) is 11.9. The van der Waals surface area contributed by atoms with E-state index in [4.69, 9.17) is 4.42 Å². The molecule has 84 valence electrons. The van der Waals surface area contributed by atoms with Gasteiger partial charge in [0.05, 0.1) is 0 Å². The van der Waals surface area contributed by atoms with E-state index >= 15 is 0 Å². The molecule has 0 saturated heterocycles. The largest absolute Gasteiger partial charge is 0.453 e. The van der Waals surface area contributed by atoms with Crippen molar-refractivity contribution in [2.24, 2.45) is 5.92 Å². The standard InChI is InChI=1S/C13H13BrO2/c1-7(2)12(15)13-8(3)10-5-4-9(14)6-11(10)16-13/h4-7H,1-3H3. The number of fused-ring (bicyclic) bond motifs is 1. The molecule has 0 amide bonds. The number of hydrogen-bond donors (Lipinski definition) is 0. The van der Waals surface area contributed by atoms with Crippen LogP contribution in [0.1, 0.15) is 30.0 Å². The number of aryl methyl sites for hydroxylation is 1. The molecule has 0 N–H and O–H groups in total. The minimum atomic E-state index is -0.0392. The Kier molecular flexibility index (Phi) is 2.89. The maximum atomic E-state index is 11.9. The lowest BCUT2D eigenvalue weighted by Gasteiger charge is -2.00. The molecule has 1 heterocycles. The third kappa shape index (κ3) is 1.80. The van der Waals surface area contributed by atoms with Crippen molar-refractivity contribution >= 4 is 32.7 Å². The molecule has 0 aliphatic heterocycles. The number of benzene rings is 1. The summed E-state index contributed by atoms with van der Waals surface area (Å²) in [4.78, 5) is 11.9. The van der Waals surface area contributed by atoms with Crippen molar-refractivity contribution in [3.63, 3.8) is 0 Å². The first-order valence-corrected chi connectivity index (χ1v) is 6.03. The summed E-state index contributed by atoms with van der Waals surface area (Å²) >= 11 is 3.39. The average molecular weight is 281 g/mol. The van der Waals surface area contributed by atoms with Crippen LogP contribution in [-0.2, 0) is 0 Å². The smallest absolute Gasteiger partial charge is 0.200 e. The number of carbonyl (C=O) groups excluding carboxylic acids is 1. The maximum Gasteiger partial charge on any atom is 0.200 e. The fourth-order valence-corrected chi connectivity index (χ4v) is 2.04. The first-order chi connectivity index (χ1) is 7.50. The molecule has 3 heteroatoms. The van der Waals surface area contributed by atoms with Crippen LogP contribution in [0.5, 0.6) is 0 Å². The zero-order valence-corrected chi connectivity index (χ0v) is 11.1. The minimum absolute atomic E-state index is 0.0392. The van der Waals surface area contributed by atoms with Gasteiger partial charge >= 0.3 is 0 Å². The molecule has 16 heavy (non-hydrogen) atoms. The van der Waals surface area contributed by atoms with Crippen molar-refractivity contribution in [2.45, 2.75) is 20.8 Å². The molecule has 1 aromatic heterocycles. The Morgan fingerprint density at radius 2 is 2.06 bits per heavy atom. The lowest BCUT2D eigenvalue weighted by molar-refractivity contribution is 0.0912. The van der Waals surface area contributed by atoms with Crippen LogP contribution >= 0.6 is 15.9 Å². The summed E-state index contributed by atoms with van der Waals surface area (Å²) in [5.74, 6) is 0.510. The highest BCUT2D eigenvalue weighted by Crippen LogP contribution is 2.29. The topological polar surface area (TPSA) is 30.2 Å². The van der Waals surface area contributed by atoms with Gasteiger partial charge in [0.25, 0.3) is 0 Å². The Labute approximate surface area is 103 Å². The summed E-state index contributed by atoms with van der Waals surface area (Å²) in [6, 6.07) is 5.81. The fraction of sp³-hybridized carbons (Fsp3) is 0.308. The molecule has 0 saturated carbocycles. The van der Waals surface area contributed by atoms with Crippen molar-refractivity contribution < 1.29 is 9.21 Å². The highest BCUT2D eigenvalue weighted by atomic mass is 79.9. The van der Waals surface area contributed by atoms with Gasteiger partial charge in [0, 0.05) is 21.3 Å². The quantitative estimate of drug-likeness (QED) is 0.766. The third-order valence-corrected chi connectivity index (χ3v) is 3.14. The second-order valence-corrected chi connectivity index (χ2v) is 5.13. The zero-order valence-electron chi connectivity index (χ0n) is 9.50. The van der Waals surface area contributed by atoms with Gasteiger partial charge in [-0.1, -0.05) is 29.8 Å². The number of hydrogen-bond acceptors (Lipinski definition) is 2. The van der Waals surface area contributed by atoms with Crippen LogP contribution in [0.25, 0.3) is 11.0 Å². The van der Waals surface area contributed by atoms with E-state index in [1.54, 1.807) is 0 Å². The van der Waals surface area contributed by atoms with E-state index < -0.39 is 0 Å². The van der Waals surface area contributed by atoms with Gasteiger partial charge in [0.15, 0.2) is 5.76 Å². The van der Waals surface area contributed by atoms with E-state index in [2.05, 4.69) is 15.9 Å². The van der Waals surface area contributed by atoms with Gasteiger partial charge in [-0.2, -0.15) is 0 Å². The summed E-state index contributed by atoms with van der Waals surface area (Å²) < 4.78 is 6.58. The van der Waals surface area contributed by atoms with E-state index in [1.807, 2.05) is 39.0 Å². The number of ketones is 1. The molecule has 0 atom stereocenters. The van der Waals surface area contributed by atoms with Crippen LogP contribution in [0, 0.1) is 12.8 Å². The van der Waals surface area contributed by atoms with Crippen LogP contribution < -0.4 is 0 Å². The Balaban J connectivity index is 2.64. The molecule has 0 fully saturated rings. The molecule has 1 aromatic carbocycles. The Morgan fingerprint density at radius 3 is 2.69 bits per heavy atom. The fourth-order valence-electron chi connectivity index (χ4n) is 1.70. The molecular formula is C13H13BrO2. The SMILES string of the molecule is Cc1c(C(=O)C(C)C)oc2cc(Br)ccc12. The molecule has 2 nitrogen and oxygen atoms in total. The van der Waals surface area contributed by atoms with Crippen molar-refractivity contribution in [3.8, 4) is 0 Å². The highest BCUT2D eigenvalue weighted by Gasteiger charge is 2.19. The van der Waals surface area contributed by atoms with Gasteiger partial charge in [-0.25, -0.2) is 0 Å². The van der Waals surface area contributed by atoms with Gasteiger partial charge in [-0.05, 0) is 25.1 Å². The van der Waals surface area contributed by atoms with E-state index in [-0.39, 0.29) is 11.7 Å². The summed E-state index contributed by atoms with van der Waals surface area (Å²) in [5.41, 5.74) is 1.69. The summed E-state index contributed by atoms with van der Waals surface area (Å²) in [7, 11) is 0. The van der Waals surface area contributed by atoms with Crippen LogP contribution in [0.2, 0.25) is 0 Å². The second-order valence-electron chi connectivity index (χ2n) is 4.22. The molecule has 2 rings (SSSR count). The third-order valence-electron chi connectivity index (χ3n) is 2.65. The summed E-state index contributed by atoms with van der Waals surface area (Å²) in [6.45, 7) is 5.69. The Bertz CT molecular complexity index is 552. The van der Waals surface area contributed by atoms with Crippen LogP contribution in [0.3, 0.4) is 0 Å². The molecule has 0 radical (unpaired) electrons. The van der Waals surface area contributed by atoms with Crippen molar-refractivity contribution in [3.05, 3.63) is 34.0 Å². The molecule has 0 aliphatic rings. The first-order valence-electron chi connectivity index (χ1n) is 5.23. The number of carbonyl (C=O) groups is 1. The van der Waals surface area contributed by atoms with Gasteiger partial charge in [0.2, 0.25) is 5.78 Å². The highest BCUT2D eigenvalue weighted by molar-refractivity contribution is 9.10. The number of rotatable bonds is 2. The van der Waals surface area contributed by atoms with Crippen molar-refractivity contribution in [2.75, 3.05) is 0 Å². The minimum Gasteiger partial charge on any atom is -0.453 e. The number of furan rings is 1. The van der Waals surface area contributed by atoms with Gasteiger partial charge in [-0.15, -0.1) is 0 Å². The molecule has 2 aromatic rings. The lowest BCUT2D eigenvalue weighted by Crippen LogP contribution is -2.07. The first kappa shape index (κ1) is 11.4. The normalized spacial score (nSPS) is 11.3. The predicted molar refractivity (Wildman–Crippen MR) is 67.8 cm³/mol. The maximum absolute atomic E-state index is 11.9. The van der Waals surface area contributed by atoms with E-state index in [1.165, 1.54) is 0 Å². The van der Waals surface area contributed by atoms with Crippen LogP contribution in [-0.4, -0.2) is 5.78 Å². The second kappa shape index (κ2) is 4.06. The monoisotopic (exact) mass is 280 g/mol. The molecule has 0 spiro atoms. The van der Waals surface area contributed by atoms with Crippen LogP contribution in [0.4, 0.5) is 0 Å². The number of halogens is 1. The van der Waals surface area contributed by atoms with Gasteiger partial charge in [-0.3, -0.25) is 4.79 Å². The van der Waals surface area contributed by atoms with Crippen molar-refractivity contribution in [1.29, 1.82) is 0 Å². The predicted octanol–water partition coefficient (Wildman–Crippen LogP) is 4.34. The Morgan fingerprint density at radius 1 is 1.38 bits per heavy atom. The molecule has 0 unspecified atom stereocenters. The van der Waals surface area contributed by atoms with Gasteiger partial charge < -0.3 is 4.42 Å². The average Bonchev–Trinajstić information content (AvgIpc) is 2.54. The van der Waals surface area contributed by atoms with E-state index in [9.17, 15) is 4.79 Å². The van der Waals surface area contributed by atoms with Gasteiger partial charge in [0.1, 0.15) is 5.58 Å². The summed E-state index contributed by atoms with van der Waals surface area (Å²) in [6.07, 6.45) is 0. The van der Waals surface area contributed by atoms with Crippen LogP contribution in [0.15, 0.2) is 27.1 Å². The lowest BCUT2D eigenvalue weighted by atomic mass is 10.0. The van der Waals surface area contributed by atoms with E-state index in [0.29, 0.717) is 5.76 Å². The molecular weight excluding hydrogens is 268 g/mol. The molecule has 0 bridgehead atoms.